The summed E-state index contributed by atoms with van der Waals surface area (Å²) in [6.07, 6.45) is 5.93. The van der Waals surface area contributed by atoms with Gasteiger partial charge in [-0.25, -0.2) is 0 Å². The van der Waals surface area contributed by atoms with Gasteiger partial charge in [-0.2, -0.15) is 0 Å². The maximum Gasteiger partial charge on any atom is 0.145 e. The van der Waals surface area contributed by atoms with Crippen LogP contribution in [0.25, 0.3) is 11.0 Å². The number of ether oxygens (including phenoxy) is 2. The van der Waals surface area contributed by atoms with E-state index < -0.39 is 0 Å². The Morgan fingerprint density at radius 2 is 2.09 bits per heavy atom. The first-order valence-corrected chi connectivity index (χ1v) is 7.98. The average molecular weight is 319 g/mol. The summed E-state index contributed by atoms with van der Waals surface area (Å²) in [7, 11) is 3.80. The smallest absolute Gasteiger partial charge is 0.145 e. The molecular weight excluding hydrogens is 294 g/mol. The number of hydrogen-bond acceptors (Lipinski definition) is 5. The van der Waals surface area contributed by atoms with Gasteiger partial charge in [0.25, 0.3) is 0 Å². The second kappa shape index (κ2) is 9.33. The number of likely N-dealkylation sites (tertiary alicyclic amines) is 1. The van der Waals surface area contributed by atoms with E-state index in [0.29, 0.717) is 13.0 Å². The van der Waals surface area contributed by atoms with Crippen LogP contribution in [0.2, 0.25) is 0 Å². The highest BCUT2D eigenvalue weighted by atomic mass is 16.5. The van der Waals surface area contributed by atoms with Crippen molar-refractivity contribution in [2.75, 3.05) is 40.5 Å². The Labute approximate surface area is 137 Å². The van der Waals surface area contributed by atoms with E-state index in [-0.39, 0.29) is 6.61 Å². The number of fused-ring (bicyclic) bond motifs is 1. The second-order valence-corrected chi connectivity index (χ2v) is 5.62. The van der Waals surface area contributed by atoms with Crippen molar-refractivity contribution in [1.29, 1.82) is 0 Å². The molecule has 0 atom stereocenters. The molecule has 126 valence electrons. The van der Waals surface area contributed by atoms with Crippen LogP contribution >= 0.6 is 0 Å². The first kappa shape index (κ1) is 17.5. The van der Waals surface area contributed by atoms with Gasteiger partial charge < -0.3 is 23.6 Å². The SMILES string of the molecule is CN1CCCC1.COc1cc2occc2cc1CCOCC=O. The lowest BCUT2D eigenvalue weighted by Crippen LogP contribution is -2.10. The summed E-state index contributed by atoms with van der Waals surface area (Å²) in [4.78, 5) is 12.5. The van der Waals surface area contributed by atoms with Gasteiger partial charge in [0, 0.05) is 11.5 Å². The Kier molecular flexibility index (Phi) is 7.10. The number of nitrogens with zero attached hydrogens (tertiary/aromatic N) is 1. The molecule has 0 amide bonds. The monoisotopic (exact) mass is 319 g/mol. The van der Waals surface area contributed by atoms with Crippen molar-refractivity contribution in [3.8, 4) is 5.75 Å². The number of carbonyl (C=O) groups excluding carboxylic acids is 1. The molecule has 0 aliphatic carbocycles. The van der Waals surface area contributed by atoms with E-state index in [4.69, 9.17) is 13.9 Å². The van der Waals surface area contributed by atoms with Crippen LogP contribution in [0, 0.1) is 0 Å². The molecule has 0 N–H and O–H groups in total. The Hall–Kier alpha value is -1.85. The molecule has 1 aliphatic heterocycles. The zero-order valence-corrected chi connectivity index (χ0v) is 13.9. The van der Waals surface area contributed by atoms with E-state index in [1.54, 1.807) is 13.4 Å². The van der Waals surface area contributed by atoms with E-state index in [1.165, 1.54) is 25.9 Å². The first-order chi connectivity index (χ1) is 11.2. The predicted molar refractivity (Wildman–Crippen MR) is 90.1 cm³/mol. The van der Waals surface area contributed by atoms with Crippen LogP contribution in [-0.2, 0) is 16.0 Å². The molecule has 1 fully saturated rings. The quantitative estimate of drug-likeness (QED) is 0.605. The molecule has 3 rings (SSSR count). The predicted octanol–water partition coefficient (Wildman–Crippen LogP) is 2.91. The summed E-state index contributed by atoms with van der Waals surface area (Å²) in [5, 5.41) is 1.04. The van der Waals surface area contributed by atoms with Gasteiger partial charge in [-0.1, -0.05) is 0 Å². The Morgan fingerprint density at radius 3 is 2.70 bits per heavy atom. The van der Waals surface area contributed by atoms with Crippen molar-refractivity contribution in [3.63, 3.8) is 0 Å². The molecule has 1 aliphatic rings. The van der Waals surface area contributed by atoms with Crippen LogP contribution in [-0.4, -0.2) is 51.6 Å². The normalized spacial score (nSPS) is 14.5. The van der Waals surface area contributed by atoms with Gasteiger partial charge in [0.2, 0.25) is 0 Å². The summed E-state index contributed by atoms with van der Waals surface area (Å²) >= 11 is 0. The summed E-state index contributed by atoms with van der Waals surface area (Å²) in [5.74, 6) is 0.780. The average Bonchev–Trinajstić information content (AvgIpc) is 3.22. The molecule has 23 heavy (non-hydrogen) atoms. The zero-order valence-electron chi connectivity index (χ0n) is 13.9. The molecule has 0 radical (unpaired) electrons. The summed E-state index contributed by atoms with van der Waals surface area (Å²) in [5.41, 5.74) is 1.85. The van der Waals surface area contributed by atoms with Crippen molar-refractivity contribution < 1.29 is 18.7 Å². The summed E-state index contributed by atoms with van der Waals surface area (Å²) in [6, 6.07) is 5.79. The maximum absolute atomic E-state index is 10.1. The highest BCUT2D eigenvalue weighted by Gasteiger charge is 2.07. The maximum atomic E-state index is 10.1. The highest BCUT2D eigenvalue weighted by molar-refractivity contribution is 5.80. The molecule has 0 unspecified atom stereocenters. The van der Waals surface area contributed by atoms with Crippen LogP contribution in [0.15, 0.2) is 28.9 Å². The number of benzene rings is 1. The Morgan fingerprint density at radius 1 is 1.30 bits per heavy atom. The number of carbonyl (C=O) groups is 1. The third-order valence-corrected chi connectivity index (χ3v) is 3.89. The molecule has 2 aromatic rings. The van der Waals surface area contributed by atoms with Crippen molar-refractivity contribution in [2.45, 2.75) is 19.3 Å². The number of aldehydes is 1. The number of furan rings is 1. The third kappa shape index (κ3) is 5.37. The minimum atomic E-state index is 0.135. The Balaban J connectivity index is 0.000000268. The number of methoxy groups -OCH3 is 1. The third-order valence-electron chi connectivity index (χ3n) is 3.89. The van der Waals surface area contributed by atoms with E-state index >= 15 is 0 Å². The lowest BCUT2D eigenvalue weighted by molar-refractivity contribution is -0.111. The fraction of sp³-hybridized carbons (Fsp3) is 0.500. The second-order valence-electron chi connectivity index (χ2n) is 5.62. The molecule has 0 saturated carbocycles. The van der Waals surface area contributed by atoms with Gasteiger partial charge in [0.05, 0.1) is 20.0 Å². The van der Waals surface area contributed by atoms with Crippen molar-refractivity contribution >= 4 is 17.3 Å². The molecule has 1 aromatic carbocycles. The lowest BCUT2D eigenvalue weighted by atomic mass is 10.1. The van der Waals surface area contributed by atoms with Crippen LogP contribution in [0.1, 0.15) is 18.4 Å². The lowest BCUT2D eigenvalue weighted by Gasteiger charge is -2.08. The van der Waals surface area contributed by atoms with Gasteiger partial charge in [-0.15, -0.1) is 0 Å². The fourth-order valence-electron chi connectivity index (χ4n) is 2.61. The molecule has 5 nitrogen and oxygen atoms in total. The molecular formula is C18H25NO4. The van der Waals surface area contributed by atoms with Gasteiger partial charge in [0.1, 0.15) is 24.2 Å². The van der Waals surface area contributed by atoms with Gasteiger partial charge >= 0.3 is 0 Å². The zero-order chi connectivity index (χ0) is 16.5. The van der Waals surface area contributed by atoms with Crippen LogP contribution in [0.5, 0.6) is 5.75 Å². The standard InChI is InChI=1S/C13H14O4.C5H11N/c1-15-12-9-13-11(3-6-17-13)8-10(12)2-5-16-7-4-14;1-6-4-2-3-5-6/h3-4,6,8-9H,2,5,7H2,1H3;2-5H2,1H3. The van der Waals surface area contributed by atoms with Gasteiger partial charge in [-0.05, 0) is 57.1 Å². The minimum Gasteiger partial charge on any atom is -0.496 e. The topological polar surface area (TPSA) is 51.9 Å². The van der Waals surface area contributed by atoms with E-state index in [1.807, 2.05) is 18.2 Å². The molecule has 1 saturated heterocycles. The number of rotatable bonds is 6. The van der Waals surface area contributed by atoms with E-state index in [2.05, 4.69) is 11.9 Å². The van der Waals surface area contributed by atoms with Crippen molar-refractivity contribution in [1.82, 2.24) is 4.90 Å². The first-order valence-electron chi connectivity index (χ1n) is 7.98. The Bertz CT molecular complexity index is 602. The van der Waals surface area contributed by atoms with Crippen LogP contribution in [0.3, 0.4) is 0 Å². The largest absolute Gasteiger partial charge is 0.496 e. The number of hydrogen-bond donors (Lipinski definition) is 0. The van der Waals surface area contributed by atoms with Crippen LogP contribution in [0.4, 0.5) is 0 Å². The summed E-state index contributed by atoms with van der Waals surface area (Å²) in [6.45, 7) is 3.27. The fourth-order valence-corrected chi connectivity index (χ4v) is 2.61. The van der Waals surface area contributed by atoms with Crippen molar-refractivity contribution in [2.24, 2.45) is 0 Å². The van der Waals surface area contributed by atoms with Gasteiger partial charge in [-0.3, -0.25) is 0 Å². The molecule has 0 spiro atoms. The molecule has 1 aromatic heterocycles. The van der Waals surface area contributed by atoms with Crippen molar-refractivity contribution in [3.05, 3.63) is 30.0 Å². The van der Waals surface area contributed by atoms with Gasteiger partial charge in [0.15, 0.2) is 0 Å². The summed E-state index contributed by atoms with van der Waals surface area (Å²) < 4.78 is 15.7. The van der Waals surface area contributed by atoms with E-state index in [0.717, 1.165) is 28.6 Å². The minimum absolute atomic E-state index is 0.135. The molecule has 2 heterocycles. The van der Waals surface area contributed by atoms with E-state index in [9.17, 15) is 4.79 Å². The highest BCUT2D eigenvalue weighted by Crippen LogP contribution is 2.27. The molecule has 5 heteroatoms. The van der Waals surface area contributed by atoms with Crippen LogP contribution < -0.4 is 4.74 Å². The molecule has 0 bridgehead atoms.